The van der Waals surface area contributed by atoms with E-state index < -0.39 is 11.9 Å². The van der Waals surface area contributed by atoms with E-state index in [9.17, 15) is 9.59 Å². The number of nitrogens with one attached hydrogen (secondary N) is 1. The SMILES string of the molecule is COc1ccc(NC(=O)COC(=O)CCc2ccc3ccccc3n2)cc1. The summed E-state index contributed by atoms with van der Waals surface area (Å²) in [6.07, 6.45) is 0.630. The molecule has 0 spiro atoms. The van der Waals surface area contributed by atoms with Crippen LogP contribution in [-0.4, -0.2) is 30.6 Å². The average molecular weight is 364 g/mol. The maximum atomic E-state index is 11.9. The molecule has 27 heavy (non-hydrogen) atoms. The van der Waals surface area contributed by atoms with Gasteiger partial charge in [0.2, 0.25) is 0 Å². The molecule has 0 saturated heterocycles. The largest absolute Gasteiger partial charge is 0.497 e. The molecule has 0 bridgehead atoms. The quantitative estimate of drug-likeness (QED) is 0.651. The zero-order chi connectivity index (χ0) is 19.1. The number of methoxy groups -OCH3 is 1. The lowest BCUT2D eigenvalue weighted by Gasteiger charge is -2.07. The van der Waals surface area contributed by atoms with E-state index >= 15 is 0 Å². The number of ether oxygens (including phenoxy) is 2. The van der Waals surface area contributed by atoms with Crippen molar-refractivity contribution in [1.29, 1.82) is 0 Å². The lowest BCUT2D eigenvalue weighted by molar-refractivity contribution is -0.147. The van der Waals surface area contributed by atoms with E-state index in [4.69, 9.17) is 9.47 Å². The minimum absolute atomic E-state index is 0.168. The summed E-state index contributed by atoms with van der Waals surface area (Å²) >= 11 is 0. The van der Waals surface area contributed by atoms with Crippen molar-refractivity contribution in [2.75, 3.05) is 19.0 Å². The molecule has 0 aliphatic carbocycles. The van der Waals surface area contributed by atoms with Crippen LogP contribution in [0.2, 0.25) is 0 Å². The molecular formula is C21H20N2O4. The highest BCUT2D eigenvalue weighted by molar-refractivity contribution is 5.92. The van der Waals surface area contributed by atoms with E-state index in [0.717, 1.165) is 16.6 Å². The predicted octanol–water partition coefficient (Wildman–Crippen LogP) is 3.36. The maximum absolute atomic E-state index is 11.9. The van der Waals surface area contributed by atoms with Crippen molar-refractivity contribution in [2.45, 2.75) is 12.8 Å². The number of benzene rings is 2. The van der Waals surface area contributed by atoms with Crippen LogP contribution in [0, 0.1) is 0 Å². The van der Waals surface area contributed by atoms with Crippen LogP contribution in [0.25, 0.3) is 10.9 Å². The Morgan fingerprint density at radius 2 is 1.78 bits per heavy atom. The Morgan fingerprint density at radius 3 is 2.56 bits per heavy atom. The van der Waals surface area contributed by atoms with Gasteiger partial charge in [0.1, 0.15) is 5.75 Å². The number of nitrogens with zero attached hydrogens (tertiary/aromatic N) is 1. The second-order valence-electron chi connectivity index (χ2n) is 5.93. The molecule has 0 fully saturated rings. The Labute approximate surface area is 157 Å². The Balaban J connectivity index is 1.43. The summed E-state index contributed by atoms with van der Waals surface area (Å²) in [6.45, 7) is -0.323. The number of aryl methyl sites for hydroxylation is 1. The van der Waals surface area contributed by atoms with Crippen molar-refractivity contribution in [1.82, 2.24) is 4.98 Å². The van der Waals surface area contributed by atoms with Crippen molar-refractivity contribution in [3.8, 4) is 5.75 Å². The number of aromatic nitrogens is 1. The second-order valence-corrected chi connectivity index (χ2v) is 5.93. The van der Waals surface area contributed by atoms with Crippen molar-refractivity contribution in [2.24, 2.45) is 0 Å². The van der Waals surface area contributed by atoms with Gasteiger partial charge in [-0.15, -0.1) is 0 Å². The highest BCUT2D eigenvalue weighted by Crippen LogP contribution is 2.15. The third kappa shape index (κ3) is 5.28. The Bertz CT molecular complexity index is 938. The molecule has 1 heterocycles. The molecule has 138 valence electrons. The number of anilines is 1. The molecule has 0 saturated carbocycles. The number of hydrogen-bond donors (Lipinski definition) is 1. The number of pyridine rings is 1. The summed E-state index contributed by atoms with van der Waals surface area (Å²) in [5.74, 6) is -0.131. The van der Waals surface area contributed by atoms with Gasteiger partial charge in [0, 0.05) is 23.2 Å². The molecule has 1 N–H and O–H groups in total. The van der Waals surface area contributed by atoms with Gasteiger partial charge >= 0.3 is 5.97 Å². The fourth-order valence-corrected chi connectivity index (χ4v) is 2.57. The zero-order valence-electron chi connectivity index (χ0n) is 15.0. The van der Waals surface area contributed by atoms with Crippen LogP contribution >= 0.6 is 0 Å². The number of hydrogen-bond acceptors (Lipinski definition) is 5. The van der Waals surface area contributed by atoms with Crippen LogP contribution in [0.4, 0.5) is 5.69 Å². The van der Waals surface area contributed by atoms with E-state index in [1.165, 1.54) is 0 Å². The molecular weight excluding hydrogens is 344 g/mol. The van der Waals surface area contributed by atoms with E-state index in [1.54, 1.807) is 31.4 Å². The number of carbonyl (C=O) groups is 2. The van der Waals surface area contributed by atoms with E-state index in [1.807, 2.05) is 36.4 Å². The van der Waals surface area contributed by atoms with Crippen molar-refractivity contribution in [3.63, 3.8) is 0 Å². The maximum Gasteiger partial charge on any atom is 0.306 e. The summed E-state index contributed by atoms with van der Waals surface area (Å²) in [4.78, 5) is 28.2. The molecule has 0 unspecified atom stereocenters. The molecule has 1 aromatic heterocycles. The third-order valence-electron chi connectivity index (χ3n) is 3.98. The van der Waals surface area contributed by atoms with Gasteiger partial charge in [-0.1, -0.05) is 24.3 Å². The van der Waals surface area contributed by atoms with Crippen LogP contribution in [0.15, 0.2) is 60.7 Å². The molecule has 0 atom stereocenters. The first-order chi connectivity index (χ1) is 13.1. The zero-order valence-corrected chi connectivity index (χ0v) is 15.0. The molecule has 3 rings (SSSR count). The van der Waals surface area contributed by atoms with Crippen LogP contribution in [0.1, 0.15) is 12.1 Å². The standard InChI is InChI=1S/C21H20N2O4/c1-26-18-11-8-17(9-12-18)23-20(24)14-27-21(25)13-10-16-7-6-15-4-2-3-5-19(15)22-16/h2-9,11-12H,10,13-14H2,1H3,(H,23,24). The van der Waals surface area contributed by atoms with Crippen molar-refractivity contribution < 1.29 is 19.1 Å². The fraction of sp³-hybridized carbons (Fsp3) is 0.190. The molecule has 2 aromatic carbocycles. The van der Waals surface area contributed by atoms with Gasteiger partial charge in [-0.05, 0) is 36.4 Å². The number of fused-ring (bicyclic) bond motifs is 1. The fourth-order valence-electron chi connectivity index (χ4n) is 2.57. The first kappa shape index (κ1) is 18.4. The van der Waals surface area contributed by atoms with Crippen molar-refractivity contribution >= 4 is 28.5 Å². The molecule has 6 heteroatoms. The number of para-hydroxylation sites is 1. The molecule has 3 aromatic rings. The van der Waals surface area contributed by atoms with E-state index in [0.29, 0.717) is 17.9 Å². The lowest BCUT2D eigenvalue weighted by Crippen LogP contribution is -2.21. The van der Waals surface area contributed by atoms with Gasteiger partial charge in [-0.3, -0.25) is 14.6 Å². The molecule has 6 nitrogen and oxygen atoms in total. The summed E-state index contributed by atoms with van der Waals surface area (Å²) in [7, 11) is 1.57. The number of rotatable bonds is 7. The monoisotopic (exact) mass is 364 g/mol. The first-order valence-corrected chi connectivity index (χ1v) is 8.58. The summed E-state index contributed by atoms with van der Waals surface area (Å²) in [5, 5.41) is 3.71. The summed E-state index contributed by atoms with van der Waals surface area (Å²) in [6, 6.07) is 18.6. The second kappa shape index (κ2) is 8.80. The molecule has 0 aliphatic heterocycles. The minimum Gasteiger partial charge on any atom is -0.497 e. The average Bonchev–Trinajstić information content (AvgIpc) is 2.71. The third-order valence-corrected chi connectivity index (χ3v) is 3.98. The highest BCUT2D eigenvalue weighted by Gasteiger charge is 2.09. The normalized spacial score (nSPS) is 10.4. The minimum atomic E-state index is -0.435. The van der Waals surface area contributed by atoms with Gasteiger partial charge in [-0.25, -0.2) is 0 Å². The molecule has 0 radical (unpaired) electrons. The van der Waals surface area contributed by atoms with Crippen LogP contribution < -0.4 is 10.1 Å². The van der Waals surface area contributed by atoms with Gasteiger partial charge < -0.3 is 14.8 Å². The highest BCUT2D eigenvalue weighted by atomic mass is 16.5. The Morgan fingerprint density at radius 1 is 1.00 bits per heavy atom. The van der Waals surface area contributed by atoms with Crippen molar-refractivity contribution in [3.05, 3.63) is 66.4 Å². The van der Waals surface area contributed by atoms with Gasteiger partial charge in [0.15, 0.2) is 6.61 Å². The van der Waals surface area contributed by atoms with E-state index in [2.05, 4.69) is 10.3 Å². The van der Waals surface area contributed by atoms with Crippen LogP contribution in [0.5, 0.6) is 5.75 Å². The summed E-state index contributed by atoms with van der Waals surface area (Å²) in [5.41, 5.74) is 2.31. The number of amides is 1. The number of esters is 1. The van der Waals surface area contributed by atoms with Gasteiger partial charge in [-0.2, -0.15) is 0 Å². The van der Waals surface area contributed by atoms with Gasteiger partial charge in [0.25, 0.3) is 5.91 Å². The van der Waals surface area contributed by atoms with Crippen LogP contribution in [0.3, 0.4) is 0 Å². The smallest absolute Gasteiger partial charge is 0.306 e. The summed E-state index contributed by atoms with van der Waals surface area (Å²) < 4.78 is 10.1. The molecule has 1 amide bonds. The Kier molecular flexibility index (Phi) is 5.99. The predicted molar refractivity (Wildman–Crippen MR) is 103 cm³/mol. The lowest BCUT2D eigenvalue weighted by atomic mass is 10.1. The van der Waals surface area contributed by atoms with Gasteiger partial charge in [0.05, 0.1) is 19.0 Å². The first-order valence-electron chi connectivity index (χ1n) is 8.58. The molecule has 0 aliphatic rings. The van der Waals surface area contributed by atoms with E-state index in [-0.39, 0.29) is 13.0 Å². The topological polar surface area (TPSA) is 77.5 Å². The van der Waals surface area contributed by atoms with Crippen LogP contribution in [-0.2, 0) is 20.7 Å². The Hall–Kier alpha value is -3.41. The number of carbonyl (C=O) groups excluding carboxylic acids is 2.